The predicted octanol–water partition coefficient (Wildman–Crippen LogP) is 6.16. The lowest BCUT2D eigenvalue weighted by Crippen LogP contribution is -2.51. The van der Waals surface area contributed by atoms with E-state index in [9.17, 15) is 18.0 Å². The van der Waals surface area contributed by atoms with Crippen LogP contribution in [0, 0.1) is 12.8 Å². The number of nitrogens with zero attached hydrogens (tertiary/aromatic N) is 2. The van der Waals surface area contributed by atoms with Gasteiger partial charge in [0.1, 0.15) is 12.6 Å². The van der Waals surface area contributed by atoms with Crippen molar-refractivity contribution in [2.24, 2.45) is 5.92 Å². The summed E-state index contributed by atoms with van der Waals surface area (Å²) in [6.07, 6.45) is 0. The van der Waals surface area contributed by atoms with Gasteiger partial charge in [0.25, 0.3) is 10.0 Å². The van der Waals surface area contributed by atoms with Crippen molar-refractivity contribution in [1.82, 2.24) is 10.2 Å². The molecule has 0 unspecified atom stereocenters. The SMILES string of the molecule is Cc1ccc(S(=O)(=O)N(CC(=O)N(Cc2cccc(Cl)c2)[C@H](C)C(=O)NCC(C)C)c2ccc(C(C)C)cc2)cc1. The maximum atomic E-state index is 14.0. The lowest BCUT2D eigenvalue weighted by Gasteiger charge is -2.32. The van der Waals surface area contributed by atoms with Gasteiger partial charge in [-0.2, -0.15) is 0 Å². The molecule has 3 aromatic carbocycles. The summed E-state index contributed by atoms with van der Waals surface area (Å²) in [4.78, 5) is 28.6. The molecule has 220 valence electrons. The van der Waals surface area contributed by atoms with Crippen LogP contribution in [-0.4, -0.2) is 44.3 Å². The number of carbonyl (C=O) groups is 2. The molecule has 0 aliphatic rings. The highest BCUT2D eigenvalue weighted by molar-refractivity contribution is 7.92. The molecule has 1 N–H and O–H groups in total. The van der Waals surface area contributed by atoms with Crippen LogP contribution in [0.4, 0.5) is 5.69 Å². The molecule has 3 rings (SSSR count). The highest BCUT2D eigenvalue weighted by Crippen LogP contribution is 2.27. The van der Waals surface area contributed by atoms with E-state index in [0.29, 0.717) is 17.3 Å². The van der Waals surface area contributed by atoms with Gasteiger partial charge in [0.05, 0.1) is 10.6 Å². The second-order valence-electron chi connectivity index (χ2n) is 11.0. The summed E-state index contributed by atoms with van der Waals surface area (Å²) >= 11 is 6.20. The van der Waals surface area contributed by atoms with Crippen LogP contribution in [0.2, 0.25) is 5.02 Å². The van der Waals surface area contributed by atoms with Gasteiger partial charge in [0, 0.05) is 18.1 Å². The smallest absolute Gasteiger partial charge is 0.264 e. The maximum absolute atomic E-state index is 14.0. The first-order valence-corrected chi connectivity index (χ1v) is 15.6. The third-order valence-electron chi connectivity index (χ3n) is 6.83. The fraction of sp³-hybridized carbons (Fsp3) is 0.375. The van der Waals surface area contributed by atoms with Gasteiger partial charge in [-0.25, -0.2) is 8.42 Å². The van der Waals surface area contributed by atoms with Crippen molar-refractivity contribution >= 4 is 39.1 Å². The second-order valence-corrected chi connectivity index (χ2v) is 13.3. The average molecular weight is 598 g/mol. The second kappa shape index (κ2) is 14.0. The molecule has 0 fully saturated rings. The maximum Gasteiger partial charge on any atom is 0.264 e. The molecule has 0 saturated heterocycles. The number of carbonyl (C=O) groups excluding carboxylic acids is 2. The normalized spacial score (nSPS) is 12.3. The number of rotatable bonds is 12. The topological polar surface area (TPSA) is 86.8 Å². The Morgan fingerprint density at radius 1 is 0.902 bits per heavy atom. The van der Waals surface area contributed by atoms with Gasteiger partial charge in [0.15, 0.2) is 0 Å². The Morgan fingerprint density at radius 3 is 2.10 bits per heavy atom. The lowest BCUT2D eigenvalue weighted by atomic mass is 10.0. The number of hydrogen-bond acceptors (Lipinski definition) is 4. The molecule has 0 aromatic heterocycles. The molecule has 0 radical (unpaired) electrons. The monoisotopic (exact) mass is 597 g/mol. The molecule has 0 aliphatic heterocycles. The summed E-state index contributed by atoms with van der Waals surface area (Å²) in [6.45, 7) is 11.7. The van der Waals surface area contributed by atoms with Gasteiger partial charge in [0.2, 0.25) is 11.8 Å². The number of aryl methyl sites for hydroxylation is 1. The molecule has 41 heavy (non-hydrogen) atoms. The molecule has 0 saturated carbocycles. The summed E-state index contributed by atoms with van der Waals surface area (Å²) in [5.41, 5.74) is 3.05. The highest BCUT2D eigenvalue weighted by atomic mass is 35.5. The van der Waals surface area contributed by atoms with Crippen LogP contribution in [0.15, 0.2) is 77.7 Å². The van der Waals surface area contributed by atoms with Crippen LogP contribution in [0.3, 0.4) is 0 Å². The molecule has 0 heterocycles. The first-order valence-electron chi connectivity index (χ1n) is 13.8. The molecule has 2 amide bonds. The summed E-state index contributed by atoms with van der Waals surface area (Å²) in [6, 6.07) is 19.9. The number of hydrogen-bond donors (Lipinski definition) is 1. The molecule has 3 aromatic rings. The number of anilines is 1. The Labute approximate surface area is 249 Å². The standard InChI is InChI=1S/C32H40ClN3O4S/c1-22(2)19-34-32(38)25(6)35(20-26-8-7-9-28(33)18-26)31(37)21-36(29-14-12-27(13-15-29)23(3)4)41(39,40)30-16-10-24(5)11-17-30/h7-18,22-23,25H,19-21H2,1-6H3,(H,34,38)/t25-/m1/s1. The Morgan fingerprint density at radius 2 is 1.54 bits per heavy atom. The van der Waals surface area contributed by atoms with E-state index in [1.165, 1.54) is 17.0 Å². The minimum Gasteiger partial charge on any atom is -0.354 e. The van der Waals surface area contributed by atoms with E-state index in [1.807, 2.05) is 39.0 Å². The summed E-state index contributed by atoms with van der Waals surface area (Å²) in [5.74, 6) is -0.345. The summed E-state index contributed by atoms with van der Waals surface area (Å²) in [5, 5.41) is 3.39. The van der Waals surface area contributed by atoms with Crippen molar-refractivity contribution < 1.29 is 18.0 Å². The van der Waals surface area contributed by atoms with Gasteiger partial charge >= 0.3 is 0 Å². The lowest BCUT2D eigenvalue weighted by molar-refractivity contribution is -0.139. The predicted molar refractivity (Wildman–Crippen MR) is 166 cm³/mol. The Bertz CT molecular complexity index is 1440. The van der Waals surface area contributed by atoms with E-state index in [-0.39, 0.29) is 29.2 Å². The Hall–Kier alpha value is -3.36. The summed E-state index contributed by atoms with van der Waals surface area (Å²) < 4.78 is 29.0. The van der Waals surface area contributed by atoms with Gasteiger partial charge in [-0.3, -0.25) is 13.9 Å². The van der Waals surface area contributed by atoms with Crippen LogP contribution < -0.4 is 9.62 Å². The van der Waals surface area contributed by atoms with E-state index in [0.717, 1.165) is 21.0 Å². The van der Waals surface area contributed by atoms with E-state index in [2.05, 4.69) is 19.2 Å². The van der Waals surface area contributed by atoms with Crippen molar-refractivity contribution in [1.29, 1.82) is 0 Å². The first kappa shape index (κ1) is 32.2. The molecular weight excluding hydrogens is 558 g/mol. The summed E-state index contributed by atoms with van der Waals surface area (Å²) in [7, 11) is -4.12. The van der Waals surface area contributed by atoms with Crippen molar-refractivity contribution in [3.8, 4) is 0 Å². The Kier molecular flexibility index (Phi) is 11.0. The fourth-order valence-electron chi connectivity index (χ4n) is 4.26. The number of amides is 2. The van der Waals surface area contributed by atoms with Crippen molar-refractivity contribution in [2.75, 3.05) is 17.4 Å². The third kappa shape index (κ3) is 8.57. The number of halogens is 1. The van der Waals surface area contributed by atoms with Crippen molar-refractivity contribution in [2.45, 2.75) is 64.9 Å². The quantitative estimate of drug-likeness (QED) is 0.271. The van der Waals surface area contributed by atoms with Crippen LogP contribution in [0.25, 0.3) is 0 Å². The zero-order valence-corrected chi connectivity index (χ0v) is 26.2. The zero-order valence-electron chi connectivity index (χ0n) is 24.6. The van der Waals surface area contributed by atoms with Crippen LogP contribution in [0.5, 0.6) is 0 Å². The average Bonchev–Trinajstić information content (AvgIpc) is 2.93. The minimum atomic E-state index is -4.12. The molecule has 0 aliphatic carbocycles. The molecule has 9 heteroatoms. The van der Waals surface area contributed by atoms with Crippen LogP contribution in [0.1, 0.15) is 57.2 Å². The molecule has 0 bridgehead atoms. The number of sulfonamides is 1. The third-order valence-corrected chi connectivity index (χ3v) is 8.85. The zero-order chi connectivity index (χ0) is 30.3. The number of nitrogens with one attached hydrogen (secondary N) is 1. The van der Waals surface area contributed by atoms with Crippen LogP contribution in [-0.2, 0) is 26.2 Å². The van der Waals surface area contributed by atoms with Crippen molar-refractivity contribution in [3.63, 3.8) is 0 Å². The van der Waals surface area contributed by atoms with E-state index in [1.54, 1.807) is 49.4 Å². The van der Waals surface area contributed by atoms with Gasteiger partial charge < -0.3 is 10.2 Å². The minimum absolute atomic E-state index is 0.0768. The van der Waals surface area contributed by atoms with Crippen molar-refractivity contribution in [3.05, 3.63) is 94.5 Å². The Balaban J connectivity index is 2.03. The van der Waals surface area contributed by atoms with E-state index >= 15 is 0 Å². The van der Waals surface area contributed by atoms with Crippen LogP contribution >= 0.6 is 11.6 Å². The van der Waals surface area contributed by atoms with E-state index < -0.39 is 28.5 Å². The molecule has 1 atom stereocenters. The first-order chi connectivity index (χ1) is 19.3. The molecular formula is C32H40ClN3O4S. The van der Waals surface area contributed by atoms with E-state index in [4.69, 9.17) is 11.6 Å². The highest BCUT2D eigenvalue weighted by Gasteiger charge is 2.32. The fourth-order valence-corrected chi connectivity index (χ4v) is 5.89. The largest absolute Gasteiger partial charge is 0.354 e. The van der Waals surface area contributed by atoms with Gasteiger partial charge in [-0.15, -0.1) is 0 Å². The van der Waals surface area contributed by atoms with Gasteiger partial charge in [-0.05, 0) is 73.2 Å². The molecule has 7 nitrogen and oxygen atoms in total. The van der Waals surface area contributed by atoms with Gasteiger partial charge in [-0.1, -0.05) is 81.3 Å². The molecule has 0 spiro atoms. The number of benzene rings is 3.